The van der Waals surface area contributed by atoms with Gasteiger partial charge in [0.1, 0.15) is 11.0 Å². The van der Waals surface area contributed by atoms with Crippen LogP contribution in [0.4, 0.5) is 0 Å². The second-order valence-electron chi connectivity index (χ2n) is 6.10. The van der Waals surface area contributed by atoms with Gasteiger partial charge in [-0.1, -0.05) is 6.92 Å². The standard InChI is InChI=1S/C16H24N4S/c1-5-13-11(4)21-16(19-13)15(18-12-6-7-12)14-8-17-9-20(14)10(2)3/h8-10,12,15,18H,5-7H2,1-4H3. The smallest absolute Gasteiger partial charge is 0.116 e. The zero-order chi connectivity index (χ0) is 15.0. The van der Waals surface area contributed by atoms with Crippen molar-refractivity contribution in [2.24, 2.45) is 0 Å². The number of nitrogens with one attached hydrogen (secondary N) is 1. The molecule has 5 heteroatoms. The minimum Gasteiger partial charge on any atom is -0.330 e. The molecule has 0 aliphatic heterocycles. The largest absolute Gasteiger partial charge is 0.330 e. The Morgan fingerprint density at radius 3 is 2.76 bits per heavy atom. The highest BCUT2D eigenvalue weighted by Gasteiger charge is 2.30. The van der Waals surface area contributed by atoms with Crippen molar-refractivity contribution in [3.63, 3.8) is 0 Å². The van der Waals surface area contributed by atoms with Gasteiger partial charge in [-0.2, -0.15) is 0 Å². The van der Waals surface area contributed by atoms with Crippen molar-refractivity contribution in [1.82, 2.24) is 19.9 Å². The fourth-order valence-corrected chi connectivity index (χ4v) is 3.72. The second-order valence-corrected chi connectivity index (χ2v) is 7.34. The highest BCUT2D eigenvalue weighted by Crippen LogP contribution is 2.33. The van der Waals surface area contributed by atoms with Gasteiger partial charge in [0.25, 0.3) is 0 Å². The lowest BCUT2D eigenvalue weighted by molar-refractivity contribution is 0.511. The van der Waals surface area contributed by atoms with Crippen LogP contribution in [-0.4, -0.2) is 20.6 Å². The van der Waals surface area contributed by atoms with Crippen LogP contribution in [-0.2, 0) is 6.42 Å². The van der Waals surface area contributed by atoms with Crippen molar-refractivity contribution in [1.29, 1.82) is 0 Å². The molecule has 1 unspecified atom stereocenters. The predicted molar refractivity (Wildman–Crippen MR) is 86.8 cm³/mol. The zero-order valence-electron chi connectivity index (χ0n) is 13.3. The average Bonchev–Trinajstić information content (AvgIpc) is 3.00. The summed E-state index contributed by atoms with van der Waals surface area (Å²) in [5, 5.41) is 4.94. The van der Waals surface area contributed by atoms with Crippen LogP contribution in [0.25, 0.3) is 0 Å². The number of imidazole rings is 1. The van der Waals surface area contributed by atoms with E-state index in [-0.39, 0.29) is 6.04 Å². The molecule has 1 aliphatic rings. The lowest BCUT2D eigenvalue weighted by atomic mass is 10.2. The first-order valence-corrected chi connectivity index (χ1v) is 8.65. The van der Waals surface area contributed by atoms with E-state index in [0.717, 1.165) is 6.42 Å². The summed E-state index contributed by atoms with van der Waals surface area (Å²) in [6.07, 6.45) is 7.47. The van der Waals surface area contributed by atoms with Gasteiger partial charge in [-0.3, -0.25) is 0 Å². The van der Waals surface area contributed by atoms with Crippen molar-refractivity contribution in [2.45, 2.75) is 65.1 Å². The number of rotatable bonds is 6. The maximum Gasteiger partial charge on any atom is 0.116 e. The summed E-state index contributed by atoms with van der Waals surface area (Å²) in [7, 11) is 0. The summed E-state index contributed by atoms with van der Waals surface area (Å²) in [6, 6.07) is 1.23. The van der Waals surface area contributed by atoms with Crippen LogP contribution < -0.4 is 5.32 Å². The lowest BCUT2D eigenvalue weighted by Crippen LogP contribution is -2.27. The maximum absolute atomic E-state index is 4.88. The Labute approximate surface area is 130 Å². The van der Waals surface area contributed by atoms with Gasteiger partial charge in [-0.05, 0) is 40.0 Å². The van der Waals surface area contributed by atoms with Crippen LogP contribution in [0.5, 0.6) is 0 Å². The molecule has 3 rings (SSSR count). The molecule has 1 fully saturated rings. The summed E-state index contributed by atoms with van der Waals surface area (Å²) >= 11 is 1.82. The highest BCUT2D eigenvalue weighted by atomic mass is 32.1. The quantitative estimate of drug-likeness (QED) is 0.886. The van der Waals surface area contributed by atoms with E-state index < -0.39 is 0 Å². The molecule has 1 aliphatic carbocycles. The normalized spacial score (nSPS) is 16.6. The predicted octanol–water partition coefficient (Wildman–Crippen LogP) is 3.63. The van der Waals surface area contributed by atoms with Crippen LogP contribution in [0, 0.1) is 6.92 Å². The van der Waals surface area contributed by atoms with Gasteiger partial charge in [-0.15, -0.1) is 11.3 Å². The zero-order valence-corrected chi connectivity index (χ0v) is 14.1. The molecule has 0 radical (unpaired) electrons. The summed E-state index contributed by atoms with van der Waals surface area (Å²) in [6.45, 7) is 8.75. The molecule has 1 atom stereocenters. The Bertz CT molecular complexity index is 610. The first-order chi connectivity index (χ1) is 10.1. The Morgan fingerprint density at radius 2 is 2.19 bits per heavy atom. The Kier molecular flexibility index (Phi) is 4.13. The molecule has 114 valence electrons. The maximum atomic E-state index is 4.88. The van der Waals surface area contributed by atoms with Crippen molar-refractivity contribution in [2.75, 3.05) is 0 Å². The summed E-state index contributed by atoms with van der Waals surface area (Å²) in [5.41, 5.74) is 2.46. The van der Waals surface area contributed by atoms with E-state index in [1.165, 1.54) is 34.1 Å². The SMILES string of the molecule is CCc1nc(C(NC2CC2)c2cncn2C(C)C)sc1C. The topological polar surface area (TPSA) is 42.7 Å². The van der Waals surface area contributed by atoms with Crippen LogP contribution in [0.3, 0.4) is 0 Å². The molecule has 0 spiro atoms. The summed E-state index contributed by atoms with van der Waals surface area (Å²) in [5.74, 6) is 0. The Balaban J connectivity index is 1.98. The van der Waals surface area contributed by atoms with E-state index in [0.29, 0.717) is 12.1 Å². The average molecular weight is 304 g/mol. The number of hydrogen-bond acceptors (Lipinski definition) is 4. The van der Waals surface area contributed by atoms with Gasteiger partial charge >= 0.3 is 0 Å². The van der Waals surface area contributed by atoms with Crippen LogP contribution in [0.2, 0.25) is 0 Å². The summed E-state index contributed by atoms with van der Waals surface area (Å²) < 4.78 is 2.25. The van der Waals surface area contributed by atoms with E-state index in [9.17, 15) is 0 Å². The number of aromatic nitrogens is 3. The number of hydrogen-bond donors (Lipinski definition) is 1. The summed E-state index contributed by atoms with van der Waals surface area (Å²) in [4.78, 5) is 10.6. The molecular formula is C16H24N4S. The van der Waals surface area contributed by atoms with Crippen LogP contribution in [0.15, 0.2) is 12.5 Å². The molecule has 4 nitrogen and oxygen atoms in total. The van der Waals surface area contributed by atoms with E-state index in [1.807, 2.05) is 23.9 Å². The molecule has 0 saturated heterocycles. The van der Waals surface area contributed by atoms with E-state index in [1.54, 1.807) is 0 Å². The van der Waals surface area contributed by atoms with Gasteiger partial charge in [0.2, 0.25) is 0 Å². The number of aryl methyl sites for hydroxylation is 2. The molecule has 0 aromatic carbocycles. The lowest BCUT2D eigenvalue weighted by Gasteiger charge is -2.20. The first kappa shape index (κ1) is 14.7. The minimum atomic E-state index is 0.173. The van der Waals surface area contributed by atoms with Crippen LogP contribution in [0.1, 0.15) is 67.0 Å². The fourth-order valence-electron chi connectivity index (χ4n) is 2.64. The molecule has 0 amide bonds. The first-order valence-electron chi connectivity index (χ1n) is 7.84. The highest BCUT2D eigenvalue weighted by molar-refractivity contribution is 7.11. The molecule has 2 aromatic heterocycles. The van der Waals surface area contributed by atoms with E-state index >= 15 is 0 Å². The Morgan fingerprint density at radius 1 is 1.43 bits per heavy atom. The fraction of sp³-hybridized carbons (Fsp3) is 0.625. The molecule has 21 heavy (non-hydrogen) atoms. The molecule has 0 bridgehead atoms. The third-order valence-corrected chi connectivity index (χ3v) is 5.10. The van der Waals surface area contributed by atoms with Gasteiger partial charge in [0.05, 0.1) is 23.9 Å². The van der Waals surface area contributed by atoms with E-state index in [2.05, 4.69) is 42.6 Å². The third kappa shape index (κ3) is 3.04. The number of thiazole rings is 1. The van der Waals surface area contributed by atoms with E-state index in [4.69, 9.17) is 4.98 Å². The van der Waals surface area contributed by atoms with Crippen molar-refractivity contribution in [3.8, 4) is 0 Å². The molecule has 2 aromatic rings. The molecule has 1 N–H and O–H groups in total. The van der Waals surface area contributed by atoms with Crippen LogP contribution >= 0.6 is 11.3 Å². The minimum absolute atomic E-state index is 0.173. The Hall–Kier alpha value is -1.20. The monoisotopic (exact) mass is 304 g/mol. The molecular weight excluding hydrogens is 280 g/mol. The van der Waals surface area contributed by atoms with Gasteiger partial charge < -0.3 is 9.88 Å². The van der Waals surface area contributed by atoms with Crippen molar-refractivity contribution < 1.29 is 0 Å². The van der Waals surface area contributed by atoms with Crippen molar-refractivity contribution in [3.05, 3.63) is 33.8 Å². The number of nitrogens with zero attached hydrogens (tertiary/aromatic N) is 3. The molecule has 2 heterocycles. The second kappa shape index (κ2) is 5.89. The van der Waals surface area contributed by atoms with Gasteiger partial charge in [0, 0.05) is 17.0 Å². The molecule has 1 saturated carbocycles. The third-order valence-electron chi connectivity index (χ3n) is 4.02. The van der Waals surface area contributed by atoms with Crippen molar-refractivity contribution >= 4 is 11.3 Å². The van der Waals surface area contributed by atoms with Gasteiger partial charge in [-0.25, -0.2) is 9.97 Å². The van der Waals surface area contributed by atoms with Gasteiger partial charge in [0.15, 0.2) is 0 Å².